The molecule has 5 heteroatoms. The highest BCUT2D eigenvalue weighted by atomic mass is 19.1. The second-order valence-corrected chi connectivity index (χ2v) is 4.43. The Kier molecular flexibility index (Phi) is 8.36. The molecule has 0 atom stereocenters. The molecule has 0 radical (unpaired) electrons. The fraction of sp³-hybridized carbons (Fsp3) is 0.533. The predicted molar refractivity (Wildman–Crippen MR) is 74.9 cm³/mol. The summed E-state index contributed by atoms with van der Waals surface area (Å²) in [6.07, 6.45) is 2.13. The molecular formula is C15H21FN2O2. The number of nitriles is 1. The molecule has 0 bridgehead atoms. The Morgan fingerprint density at radius 2 is 2.10 bits per heavy atom. The highest BCUT2D eigenvalue weighted by Crippen LogP contribution is 2.17. The molecule has 0 spiro atoms. The Labute approximate surface area is 119 Å². The van der Waals surface area contributed by atoms with Crippen molar-refractivity contribution in [3.8, 4) is 11.8 Å². The zero-order valence-electron chi connectivity index (χ0n) is 11.8. The van der Waals surface area contributed by atoms with Gasteiger partial charge >= 0.3 is 0 Å². The minimum absolute atomic E-state index is 0.303. The first-order chi connectivity index (χ1) is 9.76. The molecular weight excluding hydrogens is 259 g/mol. The van der Waals surface area contributed by atoms with Gasteiger partial charge in [-0.25, -0.2) is 4.39 Å². The maximum Gasteiger partial charge on any atom is 0.127 e. The molecule has 110 valence electrons. The van der Waals surface area contributed by atoms with E-state index in [4.69, 9.17) is 14.7 Å². The predicted octanol–water partition coefficient (Wildman–Crippen LogP) is 2.63. The number of unbranched alkanes of at least 4 members (excludes halogenated alkanes) is 2. The van der Waals surface area contributed by atoms with Gasteiger partial charge in [0.05, 0.1) is 19.3 Å². The zero-order valence-corrected chi connectivity index (χ0v) is 11.8. The Morgan fingerprint density at radius 1 is 1.25 bits per heavy atom. The fourth-order valence-electron chi connectivity index (χ4n) is 1.71. The van der Waals surface area contributed by atoms with Crippen molar-refractivity contribution >= 4 is 0 Å². The topological polar surface area (TPSA) is 54.3 Å². The van der Waals surface area contributed by atoms with Crippen LogP contribution in [-0.4, -0.2) is 26.9 Å². The number of methoxy groups -OCH3 is 1. The molecule has 0 heterocycles. The first kappa shape index (κ1) is 16.4. The molecule has 0 unspecified atom stereocenters. The van der Waals surface area contributed by atoms with Crippen LogP contribution in [0.3, 0.4) is 0 Å². The summed E-state index contributed by atoms with van der Waals surface area (Å²) in [6.45, 7) is 2.42. The summed E-state index contributed by atoms with van der Waals surface area (Å²) in [6, 6.07) is 6.78. The molecule has 0 aromatic heterocycles. The summed E-state index contributed by atoms with van der Waals surface area (Å²) in [7, 11) is 1.64. The van der Waals surface area contributed by atoms with Crippen LogP contribution in [0.4, 0.5) is 4.39 Å². The summed E-state index contributed by atoms with van der Waals surface area (Å²) < 4.78 is 23.9. The number of ether oxygens (including phenoxy) is 2. The van der Waals surface area contributed by atoms with Gasteiger partial charge in [0.15, 0.2) is 0 Å². The van der Waals surface area contributed by atoms with E-state index in [1.165, 1.54) is 12.1 Å². The SMILES string of the molecule is COCCNCc1cc(F)cc(OCCCCC#N)c1. The molecule has 0 aliphatic heterocycles. The summed E-state index contributed by atoms with van der Waals surface area (Å²) in [5.74, 6) is 0.230. The van der Waals surface area contributed by atoms with Crippen molar-refractivity contribution < 1.29 is 13.9 Å². The van der Waals surface area contributed by atoms with Gasteiger partial charge in [-0.1, -0.05) is 0 Å². The summed E-state index contributed by atoms with van der Waals surface area (Å²) in [5, 5.41) is 11.6. The van der Waals surface area contributed by atoms with E-state index in [1.54, 1.807) is 7.11 Å². The van der Waals surface area contributed by atoms with E-state index < -0.39 is 0 Å². The summed E-state index contributed by atoms with van der Waals surface area (Å²) >= 11 is 0. The van der Waals surface area contributed by atoms with E-state index in [0.29, 0.717) is 31.9 Å². The molecule has 1 N–H and O–H groups in total. The maximum atomic E-state index is 13.5. The normalized spacial score (nSPS) is 10.2. The quantitative estimate of drug-likeness (QED) is 0.669. The first-order valence-corrected chi connectivity index (χ1v) is 6.75. The lowest BCUT2D eigenvalue weighted by molar-refractivity contribution is 0.199. The van der Waals surface area contributed by atoms with E-state index >= 15 is 0 Å². The van der Waals surface area contributed by atoms with Gasteiger partial charge in [-0.3, -0.25) is 0 Å². The fourth-order valence-corrected chi connectivity index (χ4v) is 1.71. The van der Waals surface area contributed by atoms with Crippen molar-refractivity contribution in [2.45, 2.75) is 25.8 Å². The van der Waals surface area contributed by atoms with Crippen LogP contribution in [0.15, 0.2) is 18.2 Å². The van der Waals surface area contributed by atoms with Crippen molar-refractivity contribution in [3.05, 3.63) is 29.6 Å². The lowest BCUT2D eigenvalue weighted by Crippen LogP contribution is -2.18. The molecule has 4 nitrogen and oxygen atoms in total. The van der Waals surface area contributed by atoms with Crippen molar-refractivity contribution in [3.63, 3.8) is 0 Å². The van der Waals surface area contributed by atoms with Crippen molar-refractivity contribution in [2.24, 2.45) is 0 Å². The smallest absolute Gasteiger partial charge is 0.127 e. The Bertz CT molecular complexity index is 432. The number of benzene rings is 1. The largest absolute Gasteiger partial charge is 0.493 e. The van der Waals surface area contributed by atoms with Gasteiger partial charge in [0.2, 0.25) is 0 Å². The van der Waals surface area contributed by atoms with Crippen LogP contribution in [0.2, 0.25) is 0 Å². The minimum Gasteiger partial charge on any atom is -0.493 e. The lowest BCUT2D eigenvalue weighted by atomic mass is 10.2. The van der Waals surface area contributed by atoms with E-state index in [9.17, 15) is 4.39 Å². The van der Waals surface area contributed by atoms with Gasteiger partial charge in [0.25, 0.3) is 0 Å². The van der Waals surface area contributed by atoms with Crippen LogP contribution >= 0.6 is 0 Å². The van der Waals surface area contributed by atoms with Crippen LogP contribution in [-0.2, 0) is 11.3 Å². The second-order valence-electron chi connectivity index (χ2n) is 4.43. The molecule has 1 rings (SSSR count). The molecule has 0 fully saturated rings. The van der Waals surface area contributed by atoms with Gasteiger partial charge in [0, 0.05) is 32.7 Å². The highest BCUT2D eigenvalue weighted by Gasteiger charge is 2.02. The first-order valence-electron chi connectivity index (χ1n) is 6.75. The van der Waals surface area contributed by atoms with Crippen molar-refractivity contribution in [1.29, 1.82) is 5.26 Å². The van der Waals surface area contributed by atoms with Crippen LogP contribution in [0.5, 0.6) is 5.75 Å². The average Bonchev–Trinajstić information content (AvgIpc) is 2.43. The summed E-state index contributed by atoms with van der Waals surface area (Å²) in [5.41, 5.74) is 0.841. The number of rotatable bonds is 10. The van der Waals surface area contributed by atoms with Crippen molar-refractivity contribution in [1.82, 2.24) is 5.32 Å². The number of hydrogen-bond acceptors (Lipinski definition) is 4. The number of nitrogens with one attached hydrogen (secondary N) is 1. The van der Waals surface area contributed by atoms with E-state index in [2.05, 4.69) is 11.4 Å². The Morgan fingerprint density at radius 3 is 2.85 bits per heavy atom. The number of hydrogen-bond donors (Lipinski definition) is 1. The third-order valence-corrected chi connectivity index (χ3v) is 2.69. The molecule has 0 aliphatic carbocycles. The monoisotopic (exact) mass is 280 g/mol. The standard InChI is InChI=1S/C15H21FN2O2/c1-19-8-6-18-12-13-9-14(16)11-15(10-13)20-7-4-2-3-5-17/h9-11,18H,2-4,6-8,12H2,1H3. The molecule has 20 heavy (non-hydrogen) atoms. The van der Waals surface area contributed by atoms with Gasteiger partial charge in [-0.05, 0) is 30.5 Å². The van der Waals surface area contributed by atoms with Gasteiger partial charge in [-0.15, -0.1) is 0 Å². The zero-order chi connectivity index (χ0) is 14.6. The molecule has 0 aliphatic rings. The lowest BCUT2D eigenvalue weighted by Gasteiger charge is -2.09. The van der Waals surface area contributed by atoms with Crippen LogP contribution in [0, 0.1) is 17.1 Å². The van der Waals surface area contributed by atoms with Crippen molar-refractivity contribution in [2.75, 3.05) is 26.9 Å². The Balaban J connectivity index is 2.39. The number of nitrogens with zero attached hydrogens (tertiary/aromatic N) is 1. The van der Waals surface area contributed by atoms with Crippen LogP contribution in [0.25, 0.3) is 0 Å². The summed E-state index contributed by atoms with van der Waals surface area (Å²) in [4.78, 5) is 0. The van der Waals surface area contributed by atoms with Gasteiger partial charge in [-0.2, -0.15) is 5.26 Å². The second kappa shape index (κ2) is 10.2. The Hall–Kier alpha value is -1.64. The van der Waals surface area contributed by atoms with Crippen LogP contribution in [0.1, 0.15) is 24.8 Å². The van der Waals surface area contributed by atoms with E-state index in [0.717, 1.165) is 24.9 Å². The molecule has 1 aromatic rings. The van der Waals surface area contributed by atoms with E-state index in [-0.39, 0.29) is 5.82 Å². The third kappa shape index (κ3) is 7.07. The van der Waals surface area contributed by atoms with Gasteiger partial charge < -0.3 is 14.8 Å². The molecule has 0 saturated carbocycles. The highest BCUT2D eigenvalue weighted by molar-refractivity contribution is 5.29. The van der Waals surface area contributed by atoms with Crippen LogP contribution < -0.4 is 10.1 Å². The average molecular weight is 280 g/mol. The maximum absolute atomic E-state index is 13.5. The third-order valence-electron chi connectivity index (χ3n) is 2.69. The molecule has 0 amide bonds. The molecule has 0 saturated heterocycles. The van der Waals surface area contributed by atoms with E-state index in [1.807, 2.05) is 6.07 Å². The minimum atomic E-state index is -0.303. The van der Waals surface area contributed by atoms with Gasteiger partial charge in [0.1, 0.15) is 11.6 Å². The molecule has 1 aromatic carbocycles. The number of halogens is 1.